The van der Waals surface area contributed by atoms with E-state index in [2.05, 4.69) is 5.32 Å². The van der Waals surface area contributed by atoms with Crippen molar-refractivity contribution in [3.05, 3.63) is 0 Å². The lowest BCUT2D eigenvalue weighted by Crippen LogP contribution is -2.56. The smallest absolute Gasteiger partial charge is 0.242 e. The summed E-state index contributed by atoms with van der Waals surface area (Å²) in [5.41, 5.74) is 15.2. The molecule has 0 saturated carbocycles. The molecule has 0 aliphatic rings. The molecule has 0 spiro atoms. The van der Waals surface area contributed by atoms with Crippen LogP contribution in [-0.2, 0) is 14.4 Å². The number of Topliss-reactive ketones (excluding diaryl/α,β-unsaturated/α-hetero) is 1. The lowest BCUT2D eigenvalue weighted by Gasteiger charge is -2.18. The van der Waals surface area contributed by atoms with E-state index in [0.717, 1.165) is 0 Å². The van der Waals surface area contributed by atoms with Gasteiger partial charge in [0.05, 0.1) is 12.6 Å². The molecule has 0 aliphatic heterocycles. The molecular formula is C8H16N4O4. The fourth-order valence-electron chi connectivity index (χ4n) is 0.867. The van der Waals surface area contributed by atoms with E-state index in [1.54, 1.807) is 0 Å². The molecule has 8 heteroatoms. The van der Waals surface area contributed by atoms with E-state index in [-0.39, 0.29) is 0 Å². The first-order valence-electron chi connectivity index (χ1n) is 4.56. The summed E-state index contributed by atoms with van der Waals surface area (Å²) < 4.78 is 0. The Bertz CT molecular complexity index is 292. The van der Waals surface area contributed by atoms with E-state index in [9.17, 15) is 14.4 Å². The second-order valence-corrected chi connectivity index (χ2v) is 3.31. The summed E-state index contributed by atoms with van der Waals surface area (Å²) in [6, 6.07) is -3.68. The number of aliphatic hydroxyl groups excluding tert-OH is 1. The quantitative estimate of drug-likeness (QED) is 0.295. The van der Waals surface area contributed by atoms with Crippen LogP contribution in [0, 0.1) is 0 Å². The molecule has 16 heavy (non-hydrogen) atoms. The second kappa shape index (κ2) is 6.16. The Kier molecular flexibility index (Phi) is 5.57. The van der Waals surface area contributed by atoms with Gasteiger partial charge in [-0.25, -0.2) is 0 Å². The third-order valence-corrected chi connectivity index (χ3v) is 1.87. The summed E-state index contributed by atoms with van der Waals surface area (Å²) in [4.78, 5) is 33.2. The van der Waals surface area contributed by atoms with Gasteiger partial charge < -0.3 is 27.6 Å². The first-order chi connectivity index (χ1) is 7.31. The zero-order chi connectivity index (χ0) is 12.9. The first-order valence-corrected chi connectivity index (χ1v) is 4.56. The summed E-state index contributed by atoms with van der Waals surface area (Å²) in [7, 11) is 0. The summed E-state index contributed by atoms with van der Waals surface area (Å²) in [6.07, 6.45) is 0. The minimum atomic E-state index is -1.56. The predicted octanol–water partition coefficient (Wildman–Crippen LogP) is -3.81. The van der Waals surface area contributed by atoms with Crippen LogP contribution in [0.5, 0.6) is 0 Å². The van der Waals surface area contributed by atoms with Gasteiger partial charge in [-0.05, 0) is 6.92 Å². The molecule has 8 nitrogen and oxygen atoms in total. The van der Waals surface area contributed by atoms with Gasteiger partial charge in [-0.2, -0.15) is 0 Å². The second-order valence-electron chi connectivity index (χ2n) is 3.31. The molecular weight excluding hydrogens is 216 g/mol. The van der Waals surface area contributed by atoms with Crippen LogP contribution in [0.15, 0.2) is 0 Å². The molecule has 3 atom stereocenters. The lowest BCUT2D eigenvalue weighted by molar-refractivity contribution is -0.133. The Morgan fingerprint density at radius 3 is 2.12 bits per heavy atom. The third-order valence-electron chi connectivity index (χ3n) is 1.87. The largest absolute Gasteiger partial charge is 0.394 e. The van der Waals surface area contributed by atoms with E-state index in [1.807, 2.05) is 0 Å². The van der Waals surface area contributed by atoms with Gasteiger partial charge in [-0.15, -0.1) is 0 Å². The van der Waals surface area contributed by atoms with E-state index in [1.165, 1.54) is 6.92 Å². The van der Waals surface area contributed by atoms with E-state index in [4.69, 9.17) is 22.3 Å². The van der Waals surface area contributed by atoms with Crippen LogP contribution in [0.25, 0.3) is 0 Å². The van der Waals surface area contributed by atoms with Gasteiger partial charge >= 0.3 is 0 Å². The van der Waals surface area contributed by atoms with Crippen molar-refractivity contribution in [2.24, 2.45) is 17.2 Å². The number of hydrogen-bond donors (Lipinski definition) is 5. The number of hydrogen-bond acceptors (Lipinski definition) is 6. The topological polar surface area (TPSA) is 162 Å². The molecule has 0 fully saturated rings. The number of carbonyl (C=O) groups is 3. The molecule has 0 aromatic heterocycles. The molecule has 0 heterocycles. The molecule has 0 saturated heterocycles. The van der Waals surface area contributed by atoms with Crippen LogP contribution >= 0.6 is 0 Å². The third kappa shape index (κ3) is 3.93. The van der Waals surface area contributed by atoms with Crippen molar-refractivity contribution in [3.63, 3.8) is 0 Å². The highest BCUT2D eigenvalue weighted by molar-refractivity contribution is 6.07. The Balaban J connectivity index is 4.56. The molecule has 3 unspecified atom stereocenters. The van der Waals surface area contributed by atoms with Gasteiger partial charge in [0.25, 0.3) is 0 Å². The highest BCUT2D eigenvalue weighted by Crippen LogP contribution is 1.92. The standard InChI is InChI=1S/C8H16N4O4/c1-3(9)8(16)12-4(2-13)6(14)5(10)7(11)15/h3-5,13H,2,9-10H2,1H3,(H2,11,15)(H,12,16). The molecule has 0 bridgehead atoms. The van der Waals surface area contributed by atoms with Crippen molar-refractivity contribution in [1.82, 2.24) is 5.32 Å². The minimum Gasteiger partial charge on any atom is -0.394 e. The van der Waals surface area contributed by atoms with Crippen molar-refractivity contribution in [1.29, 1.82) is 0 Å². The number of primary amides is 1. The summed E-state index contributed by atoms with van der Waals surface area (Å²) >= 11 is 0. The Hall–Kier alpha value is -1.51. The number of nitrogens with two attached hydrogens (primary N) is 3. The molecule has 0 aromatic rings. The van der Waals surface area contributed by atoms with Crippen molar-refractivity contribution in [2.45, 2.75) is 25.0 Å². The maximum absolute atomic E-state index is 11.4. The molecule has 2 amide bonds. The van der Waals surface area contributed by atoms with Gasteiger partial charge in [0, 0.05) is 0 Å². The van der Waals surface area contributed by atoms with Crippen molar-refractivity contribution in [2.75, 3.05) is 6.61 Å². The first kappa shape index (κ1) is 14.5. The van der Waals surface area contributed by atoms with Crippen LogP contribution in [0.2, 0.25) is 0 Å². The SMILES string of the molecule is CC(N)C(=O)NC(CO)C(=O)C(N)C(N)=O. The molecule has 0 aromatic carbocycles. The van der Waals surface area contributed by atoms with Crippen molar-refractivity contribution < 1.29 is 19.5 Å². The van der Waals surface area contributed by atoms with Crippen LogP contribution in [-0.4, -0.2) is 47.4 Å². The average Bonchev–Trinajstić information content (AvgIpc) is 2.22. The van der Waals surface area contributed by atoms with Gasteiger partial charge in [0.2, 0.25) is 11.8 Å². The summed E-state index contributed by atoms with van der Waals surface area (Å²) in [6.45, 7) is 0.723. The van der Waals surface area contributed by atoms with Crippen LogP contribution in [0.4, 0.5) is 0 Å². The number of aliphatic hydroxyl groups is 1. The fourth-order valence-corrected chi connectivity index (χ4v) is 0.867. The van der Waals surface area contributed by atoms with Crippen LogP contribution in [0.1, 0.15) is 6.92 Å². The van der Waals surface area contributed by atoms with E-state index in [0.29, 0.717) is 0 Å². The Morgan fingerprint density at radius 1 is 1.31 bits per heavy atom. The Labute approximate surface area is 92.1 Å². The van der Waals surface area contributed by atoms with Gasteiger partial charge in [-0.3, -0.25) is 14.4 Å². The zero-order valence-electron chi connectivity index (χ0n) is 8.84. The Morgan fingerprint density at radius 2 is 1.81 bits per heavy atom. The van der Waals surface area contributed by atoms with Gasteiger partial charge in [0.1, 0.15) is 12.1 Å². The minimum absolute atomic E-state index is 0.635. The summed E-state index contributed by atoms with van der Waals surface area (Å²) in [5, 5.41) is 11.0. The zero-order valence-corrected chi connectivity index (χ0v) is 8.84. The highest BCUT2D eigenvalue weighted by Gasteiger charge is 2.29. The lowest BCUT2D eigenvalue weighted by atomic mass is 10.1. The molecule has 8 N–H and O–H groups in total. The van der Waals surface area contributed by atoms with Gasteiger partial charge in [-0.1, -0.05) is 0 Å². The fraction of sp³-hybridized carbons (Fsp3) is 0.625. The van der Waals surface area contributed by atoms with Crippen LogP contribution in [0.3, 0.4) is 0 Å². The number of amides is 2. The van der Waals surface area contributed by atoms with E-state index >= 15 is 0 Å². The summed E-state index contributed by atoms with van der Waals surface area (Å²) in [5.74, 6) is -2.52. The number of ketones is 1. The van der Waals surface area contributed by atoms with E-state index < -0.39 is 42.3 Å². The maximum Gasteiger partial charge on any atom is 0.242 e. The molecule has 0 radical (unpaired) electrons. The molecule has 92 valence electrons. The average molecular weight is 232 g/mol. The molecule has 0 aliphatic carbocycles. The maximum atomic E-state index is 11.4. The number of nitrogens with one attached hydrogen (secondary N) is 1. The predicted molar refractivity (Wildman–Crippen MR) is 54.8 cm³/mol. The molecule has 0 rings (SSSR count). The van der Waals surface area contributed by atoms with Crippen molar-refractivity contribution in [3.8, 4) is 0 Å². The normalized spacial score (nSPS) is 16.0. The van der Waals surface area contributed by atoms with Crippen LogP contribution < -0.4 is 22.5 Å². The monoisotopic (exact) mass is 232 g/mol. The number of rotatable bonds is 6. The number of carbonyl (C=O) groups excluding carboxylic acids is 3. The highest BCUT2D eigenvalue weighted by atomic mass is 16.3. The van der Waals surface area contributed by atoms with Crippen molar-refractivity contribution >= 4 is 17.6 Å². The van der Waals surface area contributed by atoms with Gasteiger partial charge in [0.15, 0.2) is 5.78 Å².